The average Bonchev–Trinajstić information content (AvgIpc) is 2.48. The van der Waals surface area contributed by atoms with Gasteiger partial charge >= 0.3 is 0 Å². The quantitative estimate of drug-likeness (QED) is 0.813. The van der Waals surface area contributed by atoms with Crippen LogP contribution in [0.15, 0.2) is 18.3 Å². The molecular formula is C11H14FN3. The van der Waals surface area contributed by atoms with Gasteiger partial charge in [0.1, 0.15) is 5.82 Å². The van der Waals surface area contributed by atoms with E-state index in [0.29, 0.717) is 12.0 Å². The fourth-order valence-electron chi connectivity index (χ4n) is 1.72. The maximum absolute atomic E-state index is 13.6. The number of fused-ring (bicyclic) bond motifs is 1. The zero-order valence-corrected chi connectivity index (χ0v) is 8.87. The highest BCUT2D eigenvalue weighted by Crippen LogP contribution is 2.19. The molecule has 0 aliphatic carbocycles. The summed E-state index contributed by atoms with van der Waals surface area (Å²) < 4.78 is 15.3. The maximum Gasteiger partial charge on any atom is 0.128 e. The average molecular weight is 207 g/mol. The van der Waals surface area contributed by atoms with Crippen molar-refractivity contribution in [3.05, 3.63) is 29.7 Å². The lowest BCUT2D eigenvalue weighted by Crippen LogP contribution is -2.18. The van der Waals surface area contributed by atoms with E-state index < -0.39 is 0 Å². The van der Waals surface area contributed by atoms with Gasteiger partial charge in [-0.05, 0) is 25.0 Å². The molecule has 0 aliphatic rings. The molecule has 1 heterocycles. The van der Waals surface area contributed by atoms with Crippen LogP contribution < -0.4 is 5.73 Å². The minimum atomic E-state index is -0.205. The monoisotopic (exact) mass is 207 g/mol. The Morgan fingerprint density at radius 1 is 1.53 bits per heavy atom. The van der Waals surface area contributed by atoms with E-state index in [1.54, 1.807) is 17.9 Å². The first kappa shape index (κ1) is 10.1. The molecule has 3 nitrogen and oxygen atoms in total. The molecule has 0 saturated heterocycles. The van der Waals surface area contributed by atoms with Crippen molar-refractivity contribution in [3.8, 4) is 0 Å². The summed E-state index contributed by atoms with van der Waals surface area (Å²) >= 11 is 0. The first-order valence-corrected chi connectivity index (χ1v) is 4.93. The Kier molecular flexibility index (Phi) is 2.44. The smallest absolute Gasteiger partial charge is 0.128 e. The summed E-state index contributed by atoms with van der Waals surface area (Å²) in [5.74, 6) is -0.205. The summed E-state index contributed by atoms with van der Waals surface area (Å²) in [4.78, 5) is 0. The van der Waals surface area contributed by atoms with Crippen molar-refractivity contribution in [2.24, 2.45) is 12.8 Å². The molecule has 80 valence electrons. The Bertz CT molecular complexity index is 488. The lowest BCUT2D eigenvalue weighted by atomic mass is 10.1. The minimum absolute atomic E-state index is 0.0337. The van der Waals surface area contributed by atoms with E-state index in [0.717, 1.165) is 10.9 Å². The predicted octanol–water partition coefficient (Wildman–Crippen LogP) is 1.60. The second-order valence-corrected chi connectivity index (χ2v) is 3.95. The van der Waals surface area contributed by atoms with Crippen molar-refractivity contribution >= 4 is 10.9 Å². The number of rotatable bonds is 2. The Morgan fingerprint density at radius 3 is 2.93 bits per heavy atom. The summed E-state index contributed by atoms with van der Waals surface area (Å²) in [6.07, 6.45) is 2.29. The normalized spacial score (nSPS) is 13.3. The molecule has 0 aliphatic heterocycles. The minimum Gasteiger partial charge on any atom is -0.328 e. The number of halogens is 1. The van der Waals surface area contributed by atoms with Crippen LogP contribution in [-0.2, 0) is 13.5 Å². The zero-order chi connectivity index (χ0) is 11.0. The largest absolute Gasteiger partial charge is 0.328 e. The van der Waals surface area contributed by atoms with Gasteiger partial charge in [0.25, 0.3) is 0 Å². The molecular weight excluding hydrogens is 193 g/mol. The van der Waals surface area contributed by atoms with E-state index in [-0.39, 0.29) is 11.9 Å². The van der Waals surface area contributed by atoms with Gasteiger partial charge in [0, 0.05) is 24.5 Å². The molecule has 15 heavy (non-hydrogen) atoms. The summed E-state index contributed by atoms with van der Waals surface area (Å²) in [6.45, 7) is 1.87. The van der Waals surface area contributed by atoms with Gasteiger partial charge in [0.05, 0.1) is 11.7 Å². The van der Waals surface area contributed by atoms with Crippen LogP contribution in [0, 0.1) is 5.82 Å². The highest BCUT2D eigenvalue weighted by Gasteiger charge is 2.09. The van der Waals surface area contributed by atoms with Crippen molar-refractivity contribution in [2.45, 2.75) is 19.4 Å². The molecule has 0 saturated carbocycles. The van der Waals surface area contributed by atoms with Gasteiger partial charge in [-0.25, -0.2) is 4.39 Å². The van der Waals surface area contributed by atoms with Gasteiger partial charge in [0.2, 0.25) is 0 Å². The Hall–Kier alpha value is -1.42. The van der Waals surface area contributed by atoms with E-state index in [1.165, 1.54) is 6.07 Å². The topological polar surface area (TPSA) is 43.8 Å². The fraction of sp³-hybridized carbons (Fsp3) is 0.364. The van der Waals surface area contributed by atoms with Crippen LogP contribution in [0.1, 0.15) is 12.5 Å². The summed E-state index contributed by atoms with van der Waals surface area (Å²) in [5, 5.41) is 5.03. The van der Waals surface area contributed by atoms with Crippen molar-refractivity contribution < 1.29 is 4.39 Å². The molecule has 0 bridgehead atoms. The molecule has 1 aromatic heterocycles. The number of benzene rings is 1. The van der Waals surface area contributed by atoms with E-state index in [2.05, 4.69) is 5.10 Å². The van der Waals surface area contributed by atoms with E-state index in [9.17, 15) is 4.39 Å². The molecule has 0 radical (unpaired) electrons. The van der Waals surface area contributed by atoms with Crippen LogP contribution in [0.2, 0.25) is 0 Å². The molecule has 2 aromatic rings. The number of hydrogen-bond donors (Lipinski definition) is 1. The van der Waals surface area contributed by atoms with Crippen LogP contribution in [0.3, 0.4) is 0 Å². The fourth-order valence-corrected chi connectivity index (χ4v) is 1.72. The summed E-state index contributed by atoms with van der Waals surface area (Å²) in [7, 11) is 1.80. The number of nitrogens with two attached hydrogens (primary N) is 1. The SMILES string of the molecule is CC(N)Cc1cc2cnn(C)c2cc1F. The van der Waals surface area contributed by atoms with E-state index in [1.807, 2.05) is 13.0 Å². The second-order valence-electron chi connectivity index (χ2n) is 3.95. The molecule has 0 fully saturated rings. The van der Waals surface area contributed by atoms with E-state index >= 15 is 0 Å². The number of aromatic nitrogens is 2. The molecule has 2 N–H and O–H groups in total. The van der Waals surface area contributed by atoms with Gasteiger partial charge < -0.3 is 5.73 Å². The van der Waals surface area contributed by atoms with Crippen molar-refractivity contribution in [2.75, 3.05) is 0 Å². The molecule has 1 aromatic carbocycles. The van der Waals surface area contributed by atoms with Gasteiger partial charge in [-0.2, -0.15) is 5.10 Å². The third kappa shape index (κ3) is 1.85. The molecule has 0 spiro atoms. The zero-order valence-electron chi connectivity index (χ0n) is 8.87. The van der Waals surface area contributed by atoms with Crippen molar-refractivity contribution in [1.29, 1.82) is 0 Å². The first-order chi connectivity index (χ1) is 7.08. The van der Waals surface area contributed by atoms with Crippen molar-refractivity contribution in [3.63, 3.8) is 0 Å². The lowest BCUT2D eigenvalue weighted by molar-refractivity contribution is 0.597. The predicted molar refractivity (Wildman–Crippen MR) is 58.0 cm³/mol. The highest BCUT2D eigenvalue weighted by molar-refractivity contribution is 5.79. The molecule has 1 atom stereocenters. The van der Waals surface area contributed by atoms with Crippen LogP contribution in [-0.4, -0.2) is 15.8 Å². The van der Waals surface area contributed by atoms with Gasteiger partial charge in [-0.1, -0.05) is 0 Å². The van der Waals surface area contributed by atoms with Crippen LogP contribution >= 0.6 is 0 Å². The van der Waals surface area contributed by atoms with Crippen LogP contribution in [0.4, 0.5) is 4.39 Å². The Morgan fingerprint density at radius 2 is 2.27 bits per heavy atom. The number of hydrogen-bond acceptors (Lipinski definition) is 2. The second kappa shape index (κ2) is 3.62. The third-order valence-corrected chi connectivity index (χ3v) is 2.46. The Balaban J connectivity index is 2.53. The third-order valence-electron chi connectivity index (χ3n) is 2.46. The van der Waals surface area contributed by atoms with Gasteiger partial charge in [0.15, 0.2) is 0 Å². The van der Waals surface area contributed by atoms with Crippen molar-refractivity contribution in [1.82, 2.24) is 9.78 Å². The summed E-state index contributed by atoms with van der Waals surface area (Å²) in [6, 6.07) is 3.30. The number of nitrogens with zero attached hydrogens (tertiary/aromatic N) is 2. The molecule has 2 rings (SSSR count). The maximum atomic E-state index is 13.6. The van der Waals surface area contributed by atoms with Gasteiger partial charge in [-0.3, -0.25) is 4.68 Å². The molecule has 0 amide bonds. The van der Waals surface area contributed by atoms with Gasteiger partial charge in [-0.15, -0.1) is 0 Å². The van der Waals surface area contributed by atoms with Crippen LogP contribution in [0.25, 0.3) is 10.9 Å². The highest BCUT2D eigenvalue weighted by atomic mass is 19.1. The first-order valence-electron chi connectivity index (χ1n) is 4.93. The van der Waals surface area contributed by atoms with E-state index in [4.69, 9.17) is 5.73 Å². The summed E-state index contributed by atoms with van der Waals surface area (Å²) in [5.41, 5.74) is 7.12. The lowest BCUT2D eigenvalue weighted by Gasteiger charge is -2.06. The van der Waals surface area contributed by atoms with Crippen LogP contribution in [0.5, 0.6) is 0 Å². The molecule has 1 unspecified atom stereocenters. The Labute approximate surface area is 87.7 Å². The standard InChI is InChI=1S/C11H14FN3/c1-7(13)3-8-4-9-6-14-15(2)11(9)5-10(8)12/h4-7H,3,13H2,1-2H3. The molecule has 4 heteroatoms. The number of aryl methyl sites for hydroxylation is 1.